The molecule has 1 aromatic carbocycles. The Hall–Kier alpha value is -4.24. The van der Waals surface area contributed by atoms with Crippen LogP contribution in [0.5, 0.6) is 0 Å². The van der Waals surface area contributed by atoms with E-state index in [0.717, 1.165) is 14.5 Å². The highest BCUT2D eigenvalue weighted by atomic mass is 127. The fourth-order valence-electron chi connectivity index (χ4n) is 6.37. The average molecular weight is 992 g/mol. The van der Waals surface area contributed by atoms with Gasteiger partial charge in [0.1, 0.15) is 54.3 Å². The van der Waals surface area contributed by atoms with E-state index in [0.29, 0.717) is 12.0 Å². The summed E-state index contributed by atoms with van der Waals surface area (Å²) in [6.45, 7) is 1.89. The quantitative estimate of drug-likeness (QED) is 0.0311. The number of imidazole rings is 1. The van der Waals surface area contributed by atoms with Gasteiger partial charge in [0, 0.05) is 29.0 Å². The second-order valence-electron chi connectivity index (χ2n) is 13.4. The van der Waals surface area contributed by atoms with Gasteiger partial charge in [-0.15, -0.1) is 6.58 Å². The van der Waals surface area contributed by atoms with E-state index < -0.39 is 95.4 Å². The highest BCUT2D eigenvalue weighted by Crippen LogP contribution is 2.50. The summed E-state index contributed by atoms with van der Waals surface area (Å²) in [5, 5.41) is 14.3. The van der Waals surface area contributed by atoms with Gasteiger partial charge in [0.25, 0.3) is 0 Å². The maximum atomic E-state index is 13.9. The molecule has 0 radical (unpaired) electrons. The number of carbonyl (C=O) groups excluding carboxylic acids is 2. The Morgan fingerprint density at radius 2 is 1.78 bits per heavy atom. The largest absolute Gasteiger partial charge is 0.472 e. The number of nitrogens with zero attached hydrogens (tertiary/aromatic N) is 6. The first-order valence-electron chi connectivity index (χ1n) is 17.9. The number of allylic oxidation sites excluding steroid dienone is 1. The number of nitrogens with two attached hydrogens (primary N) is 2. The number of phosphoric ester groups is 2. The van der Waals surface area contributed by atoms with E-state index in [-0.39, 0.29) is 42.1 Å². The molecule has 2 unspecified atom stereocenters. The SMILES string of the molecule is C=CCCC(=O)NC(Cc1ccc(I)cc1)C(=O)O[C@H]1[C@@H](O)[C@H](n2cnc3c(N)ncnc32)O[C@@H]1COP(=O)(O)O[C@H]1C[C@H](n2ccc(N)nc2=O)O[C@@H]1COP(=O)(O)O. The number of hydrogen-bond donors (Lipinski definition) is 7. The van der Waals surface area contributed by atoms with Crippen molar-refractivity contribution in [2.24, 2.45) is 0 Å². The molecular weight excluding hydrogens is 951 g/mol. The predicted molar refractivity (Wildman–Crippen MR) is 214 cm³/mol. The number of aliphatic hydroxyl groups excluding tert-OH is 1. The Bertz CT molecular complexity index is 2350. The molecule has 1 amide bonds. The Morgan fingerprint density at radius 3 is 2.48 bits per heavy atom. The van der Waals surface area contributed by atoms with Crippen LogP contribution in [-0.4, -0.2) is 111 Å². The van der Waals surface area contributed by atoms with E-state index in [1.807, 2.05) is 12.1 Å². The summed E-state index contributed by atoms with van der Waals surface area (Å²) >= 11 is 2.12. The van der Waals surface area contributed by atoms with E-state index in [1.165, 1.54) is 29.2 Å². The molecule has 2 aliphatic rings. The minimum atomic E-state index is -5.22. The van der Waals surface area contributed by atoms with Crippen molar-refractivity contribution in [3.05, 3.63) is 81.5 Å². The molecule has 24 nitrogen and oxygen atoms in total. The van der Waals surface area contributed by atoms with Crippen molar-refractivity contribution in [1.29, 1.82) is 0 Å². The van der Waals surface area contributed by atoms with Crippen molar-refractivity contribution in [1.82, 2.24) is 34.4 Å². The van der Waals surface area contributed by atoms with E-state index in [4.69, 9.17) is 34.7 Å². The van der Waals surface area contributed by atoms with Crippen molar-refractivity contribution in [2.75, 3.05) is 24.7 Å². The number of phosphoric acid groups is 2. The minimum Gasteiger partial charge on any atom is -0.455 e. The molecule has 0 aliphatic carbocycles. The number of amides is 1. The molecule has 0 bridgehead atoms. The molecule has 2 saturated heterocycles. The van der Waals surface area contributed by atoms with Crippen LogP contribution in [0.4, 0.5) is 11.6 Å². The van der Waals surface area contributed by atoms with E-state index in [1.54, 1.807) is 12.1 Å². The summed E-state index contributed by atoms with van der Waals surface area (Å²) in [6.07, 6.45) is -5.23. The number of fused-ring (bicyclic) bond motifs is 1. The molecule has 2 aliphatic heterocycles. The summed E-state index contributed by atoms with van der Waals surface area (Å²) in [4.78, 5) is 84.7. The maximum Gasteiger partial charge on any atom is 0.472 e. The first-order valence-corrected chi connectivity index (χ1v) is 22.0. The Kier molecular flexibility index (Phi) is 14.5. The molecule has 27 heteroatoms. The summed E-state index contributed by atoms with van der Waals surface area (Å²) in [5.74, 6) is -1.56. The van der Waals surface area contributed by atoms with Crippen molar-refractivity contribution in [3.63, 3.8) is 0 Å². The third kappa shape index (κ3) is 11.4. The van der Waals surface area contributed by atoms with Gasteiger partial charge in [-0.1, -0.05) is 18.2 Å². The number of nitrogen functional groups attached to an aromatic ring is 2. The number of rotatable bonds is 18. The lowest BCUT2D eigenvalue weighted by molar-refractivity contribution is -0.160. The monoisotopic (exact) mass is 991 g/mol. The van der Waals surface area contributed by atoms with Crippen molar-refractivity contribution < 1.29 is 66.3 Å². The topological polar surface area (TPSA) is 347 Å². The number of aromatic nitrogens is 6. The van der Waals surface area contributed by atoms with Gasteiger partial charge >= 0.3 is 27.3 Å². The van der Waals surface area contributed by atoms with Gasteiger partial charge in [-0.3, -0.25) is 27.5 Å². The van der Waals surface area contributed by atoms with Crippen molar-refractivity contribution in [3.8, 4) is 0 Å². The first kappa shape index (κ1) is 45.3. The molecule has 0 saturated carbocycles. The molecule has 0 spiro atoms. The third-order valence-corrected chi connectivity index (χ3v) is 11.4. The number of carbonyl (C=O) groups is 2. The standard InChI is InChI=1S/C33H40IN9O15P2/c1-2-3-4-24(44)40-19(11-17-5-7-18(34)8-6-17)32(46)57-28-22(56-31(27(28)45)43-16-39-26-29(36)37-15-38-30(26)43)14-54-60(51,52)58-20-12-25(42-10-9-23(35)41-33(42)47)55-21(20)13-53-59(48,49)50/h2,5-10,15-16,19-22,25,27-28,31,45H,1,3-4,11-14H2,(H,40,44)(H,51,52)(H2,35,41,47)(H2,36,37,38)(H2,48,49,50)/t19?,20-,21+,22+,25+,27+,28+,31+/m0/s1. The van der Waals surface area contributed by atoms with Gasteiger partial charge < -0.3 is 50.8 Å². The smallest absolute Gasteiger partial charge is 0.455 e. The zero-order valence-electron chi connectivity index (χ0n) is 31.2. The number of halogens is 1. The van der Waals surface area contributed by atoms with Crippen LogP contribution in [0.3, 0.4) is 0 Å². The van der Waals surface area contributed by atoms with Gasteiger partial charge in [0.05, 0.1) is 19.5 Å². The number of aliphatic hydroxyl groups is 1. The Balaban J connectivity index is 1.24. The summed E-state index contributed by atoms with van der Waals surface area (Å²) in [6, 6.07) is 7.16. The van der Waals surface area contributed by atoms with Crippen molar-refractivity contribution >= 4 is 72.9 Å². The zero-order valence-corrected chi connectivity index (χ0v) is 35.1. The molecule has 3 aromatic heterocycles. The highest BCUT2D eigenvalue weighted by Gasteiger charge is 2.50. The third-order valence-electron chi connectivity index (χ3n) is 9.19. The molecule has 324 valence electrons. The molecule has 9 N–H and O–H groups in total. The molecule has 6 rings (SSSR count). The number of esters is 1. The Labute approximate surface area is 353 Å². The normalized spacial score (nSPS) is 24.5. The van der Waals surface area contributed by atoms with Gasteiger partial charge in [-0.2, -0.15) is 4.98 Å². The second kappa shape index (κ2) is 19.2. The van der Waals surface area contributed by atoms with E-state index >= 15 is 0 Å². The number of hydrogen-bond acceptors (Lipinski definition) is 18. The maximum absolute atomic E-state index is 13.9. The minimum absolute atomic E-state index is 0.0121. The van der Waals surface area contributed by atoms with Crippen LogP contribution in [0, 0.1) is 3.57 Å². The summed E-state index contributed by atoms with van der Waals surface area (Å²) in [5.41, 5.74) is 11.6. The van der Waals surface area contributed by atoms with Gasteiger partial charge in [-0.05, 0) is 52.8 Å². The van der Waals surface area contributed by atoms with E-state index in [9.17, 15) is 43.3 Å². The predicted octanol–water partition coefficient (Wildman–Crippen LogP) is 0.615. The molecule has 9 atom stereocenters. The molecule has 2 fully saturated rings. The number of ether oxygens (including phenoxy) is 3. The molecular formula is C33H40IN9O15P2. The lowest BCUT2D eigenvalue weighted by atomic mass is 10.0. The van der Waals surface area contributed by atoms with Crippen LogP contribution in [0.15, 0.2) is 66.6 Å². The second-order valence-corrected chi connectivity index (χ2v) is 17.3. The van der Waals surface area contributed by atoms with Crippen LogP contribution >= 0.6 is 38.2 Å². The van der Waals surface area contributed by atoms with Gasteiger partial charge in [-0.25, -0.2) is 33.7 Å². The molecule has 4 aromatic rings. The van der Waals surface area contributed by atoms with Crippen LogP contribution < -0.4 is 22.5 Å². The molecule has 60 heavy (non-hydrogen) atoms. The van der Waals surface area contributed by atoms with Crippen LogP contribution in [0.1, 0.15) is 37.3 Å². The van der Waals surface area contributed by atoms with Crippen LogP contribution in [0.2, 0.25) is 0 Å². The highest BCUT2D eigenvalue weighted by molar-refractivity contribution is 14.1. The fourth-order valence-corrected chi connectivity index (χ4v) is 8.03. The summed E-state index contributed by atoms with van der Waals surface area (Å²) < 4.78 is 61.1. The number of nitrogens with one attached hydrogen (secondary N) is 1. The van der Waals surface area contributed by atoms with Gasteiger partial charge in [0.15, 0.2) is 23.8 Å². The number of benzene rings is 1. The lowest BCUT2D eigenvalue weighted by Gasteiger charge is -2.25. The fraction of sp³-hybridized carbons (Fsp3) is 0.424. The first-order chi connectivity index (χ1) is 28.4. The van der Waals surface area contributed by atoms with E-state index in [2.05, 4.69) is 58.9 Å². The van der Waals surface area contributed by atoms with Crippen LogP contribution in [0.25, 0.3) is 11.2 Å². The van der Waals surface area contributed by atoms with Crippen LogP contribution in [-0.2, 0) is 52.9 Å². The summed E-state index contributed by atoms with van der Waals surface area (Å²) in [7, 11) is -10.3. The lowest BCUT2D eigenvalue weighted by Crippen LogP contribution is -2.47. The number of anilines is 2. The zero-order chi connectivity index (χ0) is 43.4. The molecule has 5 heterocycles. The van der Waals surface area contributed by atoms with Crippen molar-refractivity contribution in [2.45, 2.75) is 74.7 Å². The van der Waals surface area contributed by atoms with Gasteiger partial charge in [0.2, 0.25) is 5.91 Å². The average Bonchev–Trinajstić information content (AvgIpc) is 3.88. The Morgan fingerprint density at radius 1 is 1.05 bits per heavy atom.